The van der Waals surface area contributed by atoms with E-state index in [9.17, 15) is 9.50 Å². The Balaban J connectivity index is 2.28. The number of halogens is 1. The van der Waals surface area contributed by atoms with Gasteiger partial charge in [0.2, 0.25) is 5.88 Å². The lowest BCUT2D eigenvalue weighted by Gasteiger charge is -2.11. The van der Waals surface area contributed by atoms with Crippen molar-refractivity contribution in [1.29, 1.82) is 0 Å². The van der Waals surface area contributed by atoms with Crippen LogP contribution in [0.1, 0.15) is 0 Å². The highest BCUT2D eigenvalue weighted by Crippen LogP contribution is 2.36. The summed E-state index contributed by atoms with van der Waals surface area (Å²) in [6, 6.07) is 13.4. The van der Waals surface area contributed by atoms with Crippen molar-refractivity contribution < 1.29 is 14.2 Å². The summed E-state index contributed by atoms with van der Waals surface area (Å²) >= 11 is 0. The molecule has 0 aliphatic carbocycles. The molecule has 2 aromatic carbocycles. The predicted octanol–water partition coefficient (Wildman–Crippen LogP) is 3.76. The zero-order valence-electron chi connectivity index (χ0n) is 10.8. The molecule has 0 saturated heterocycles. The Kier molecular flexibility index (Phi) is 2.99. The third kappa shape index (κ3) is 2.05. The molecular formula is C16H12FNO2. The number of phenolic OH excluding ortho intramolecular Hbond substituents is 1. The van der Waals surface area contributed by atoms with E-state index in [1.54, 1.807) is 0 Å². The molecule has 4 heteroatoms. The van der Waals surface area contributed by atoms with Crippen molar-refractivity contribution in [2.45, 2.75) is 0 Å². The summed E-state index contributed by atoms with van der Waals surface area (Å²) in [5, 5.41) is 10.8. The van der Waals surface area contributed by atoms with Gasteiger partial charge in [0.1, 0.15) is 11.6 Å². The standard InChI is InChI=1S/C16H12FNO2/c1-20-16-13(12-7-6-11(17)9-15(12)19)8-10-4-2-3-5-14(10)18-16/h2-9,19H,1H3. The fourth-order valence-corrected chi connectivity index (χ4v) is 2.18. The van der Waals surface area contributed by atoms with E-state index in [-0.39, 0.29) is 5.75 Å². The van der Waals surface area contributed by atoms with Crippen LogP contribution in [0.5, 0.6) is 11.6 Å². The Labute approximate surface area is 115 Å². The molecule has 3 aromatic rings. The predicted molar refractivity (Wildman–Crippen MR) is 75.4 cm³/mol. The molecule has 1 aromatic heterocycles. The van der Waals surface area contributed by atoms with Gasteiger partial charge >= 0.3 is 0 Å². The smallest absolute Gasteiger partial charge is 0.221 e. The number of nitrogens with zero attached hydrogens (tertiary/aromatic N) is 1. The van der Waals surface area contributed by atoms with Crippen LogP contribution in [0.4, 0.5) is 4.39 Å². The molecule has 0 amide bonds. The topological polar surface area (TPSA) is 42.4 Å². The van der Waals surface area contributed by atoms with Crippen molar-refractivity contribution in [2.75, 3.05) is 7.11 Å². The van der Waals surface area contributed by atoms with Crippen LogP contribution >= 0.6 is 0 Å². The first kappa shape index (κ1) is 12.4. The van der Waals surface area contributed by atoms with E-state index in [4.69, 9.17) is 4.74 Å². The molecule has 0 aliphatic rings. The number of aromatic hydroxyl groups is 1. The Morgan fingerprint density at radius 3 is 2.60 bits per heavy atom. The maximum atomic E-state index is 13.1. The first-order valence-corrected chi connectivity index (χ1v) is 6.11. The van der Waals surface area contributed by atoms with E-state index in [1.165, 1.54) is 19.2 Å². The van der Waals surface area contributed by atoms with Gasteiger partial charge in [-0.3, -0.25) is 0 Å². The maximum Gasteiger partial charge on any atom is 0.221 e. The number of phenols is 1. The van der Waals surface area contributed by atoms with Gasteiger partial charge in [0.15, 0.2) is 0 Å². The third-order valence-corrected chi connectivity index (χ3v) is 3.13. The molecule has 0 radical (unpaired) electrons. The number of aromatic nitrogens is 1. The van der Waals surface area contributed by atoms with Crippen molar-refractivity contribution in [3.05, 3.63) is 54.3 Å². The molecular weight excluding hydrogens is 257 g/mol. The number of fused-ring (bicyclic) bond motifs is 1. The van der Waals surface area contributed by atoms with E-state index < -0.39 is 5.82 Å². The zero-order valence-corrected chi connectivity index (χ0v) is 10.8. The van der Waals surface area contributed by atoms with Crippen LogP contribution in [-0.4, -0.2) is 17.2 Å². The first-order valence-electron chi connectivity index (χ1n) is 6.11. The van der Waals surface area contributed by atoms with Crippen molar-refractivity contribution in [3.8, 4) is 22.8 Å². The second-order valence-electron chi connectivity index (χ2n) is 4.40. The highest BCUT2D eigenvalue weighted by molar-refractivity contribution is 5.87. The number of hydrogen-bond donors (Lipinski definition) is 1. The van der Waals surface area contributed by atoms with Crippen LogP contribution in [0.25, 0.3) is 22.0 Å². The second-order valence-corrected chi connectivity index (χ2v) is 4.40. The van der Waals surface area contributed by atoms with Crippen LogP contribution in [0.2, 0.25) is 0 Å². The summed E-state index contributed by atoms with van der Waals surface area (Å²) in [6.07, 6.45) is 0. The van der Waals surface area contributed by atoms with E-state index >= 15 is 0 Å². The van der Waals surface area contributed by atoms with Crippen molar-refractivity contribution in [2.24, 2.45) is 0 Å². The lowest BCUT2D eigenvalue weighted by molar-refractivity contribution is 0.400. The molecule has 3 rings (SSSR count). The van der Waals surface area contributed by atoms with Crippen molar-refractivity contribution >= 4 is 10.9 Å². The van der Waals surface area contributed by atoms with Crippen LogP contribution in [0.3, 0.4) is 0 Å². The Hall–Kier alpha value is -2.62. The number of methoxy groups -OCH3 is 1. The Morgan fingerprint density at radius 2 is 1.85 bits per heavy atom. The molecule has 0 bridgehead atoms. The van der Waals surface area contributed by atoms with Gasteiger partial charge in [0.05, 0.1) is 12.6 Å². The van der Waals surface area contributed by atoms with E-state index in [0.29, 0.717) is 17.0 Å². The van der Waals surface area contributed by atoms with Gasteiger partial charge in [-0.15, -0.1) is 0 Å². The number of hydrogen-bond acceptors (Lipinski definition) is 3. The average Bonchev–Trinajstić information content (AvgIpc) is 2.46. The first-order chi connectivity index (χ1) is 9.69. The number of rotatable bonds is 2. The minimum atomic E-state index is -0.487. The number of benzene rings is 2. The summed E-state index contributed by atoms with van der Waals surface area (Å²) in [5.74, 6) is -0.232. The molecule has 3 nitrogen and oxygen atoms in total. The normalized spacial score (nSPS) is 10.7. The summed E-state index contributed by atoms with van der Waals surface area (Å²) < 4.78 is 18.4. The largest absolute Gasteiger partial charge is 0.507 e. The number of ether oxygens (including phenoxy) is 1. The summed E-state index contributed by atoms with van der Waals surface area (Å²) in [4.78, 5) is 4.41. The van der Waals surface area contributed by atoms with Crippen LogP contribution < -0.4 is 4.74 Å². The van der Waals surface area contributed by atoms with Gasteiger partial charge in [0.25, 0.3) is 0 Å². The fourth-order valence-electron chi connectivity index (χ4n) is 2.18. The maximum absolute atomic E-state index is 13.1. The van der Waals surface area contributed by atoms with Gasteiger partial charge in [-0.1, -0.05) is 18.2 Å². The molecule has 100 valence electrons. The van der Waals surface area contributed by atoms with Crippen LogP contribution in [-0.2, 0) is 0 Å². The minimum absolute atomic E-state index is 0.139. The lowest BCUT2D eigenvalue weighted by Crippen LogP contribution is -1.93. The molecule has 0 aliphatic heterocycles. The molecule has 0 unspecified atom stereocenters. The zero-order chi connectivity index (χ0) is 14.1. The van der Waals surface area contributed by atoms with Gasteiger partial charge in [0, 0.05) is 22.6 Å². The quantitative estimate of drug-likeness (QED) is 0.770. The minimum Gasteiger partial charge on any atom is -0.507 e. The summed E-state index contributed by atoms with van der Waals surface area (Å²) in [7, 11) is 1.52. The molecule has 0 saturated carbocycles. The Bertz CT molecular complexity index is 787. The van der Waals surface area contributed by atoms with E-state index in [1.807, 2.05) is 30.3 Å². The van der Waals surface area contributed by atoms with Gasteiger partial charge in [-0.25, -0.2) is 9.37 Å². The Morgan fingerprint density at radius 1 is 1.05 bits per heavy atom. The lowest BCUT2D eigenvalue weighted by atomic mass is 10.0. The van der Waals surface area contributed by atoms with Gasteiger partial charge < -0.3 is 9.84 Å². The molecule has 0 spiro atoms. The molecule has 0 fully saturated rings. The number of pyridine rings is 1. The SMILES string of the molecule is COc1nc2ccccc2cc1-c1ccc(F)cc1O. The van der Waals surface area contributed by atoms with Crippen LogP contribution in [0, 0.1) is 5.82 Å². The highest BCUT2D eigenvalue weighted by Gasteiger charge is 2.13. The van der Waals surface area contributed by atoms with Crippen molar-refractivity contribution in [1.82, 2.24) is 4.98 Å². The van der Waals surface area contributed by atoms with Crippen LogP contribution in [0.15, 0.2) is 48.5 Å². The molecule has 20 heavy (non-hydrogen) atoms. The fraction of sp³-hybridized carbons (Fsp3) is 0.0625. The van der Waals surface area contributed by atoms with E-state index in [0.717, 1.165) is 17.0 Å². The van der Waals surface area contributed by atoms with Crippen molar-refractivity contribution in [3.63, 3.8) is 0 Å². The summed E-state index contributed by atoms with van der Waals surface area (Å²) in [6.45, 7) is 0. The molecule has 1 N–H and O–H groups in total. The van der Waals surface area contributed by atoms with Gasteiger partial charge in [-0.2, -0.15) is 0 Å². The average molecular weight is 269 g/mol. The van der Waals surface area contributed by atoms with Gasteiger partial charge in [-0.05, 0) is 24.3 Å². The van der Waals surface area contributed by atoms with E-state index in [2.05, 4.69) is 4.98 Å². The number of para-hydroxylation sites is 1. The highest BCUT2D eigenvalue weighted by atomic mass is 19.1. The monoisotopic (exact) mass is 269 g/mol. The molecule has 0 atom stereocenters. The second kappa shape index (κ2) is 4.81. The third-order valence-electron chi connectivity index (χ3n) is 3.13. The molecule has 1 heterocycles. The summed E-state index contributed by atoms with van der Waals surface area (Å²) in [5.41, 5.74) is 1.92.